The Kier molecular flexibility index (Phi) is 3.59. The fraction of sp³-hybridized carbons (Fsp3) is 0.389. The molecule has 2 fully saturated rings. The number of anilines is 1. The number of rotatable bonds is 2. The molecule has 2 aliphatic rings. The van der Waals surface area contributed by atoms with Gasteiger partial charge >= 0.3 is 0 Å². The Morgan fingerprint density at radius 2 is 2.12 bits per heavy atom. The Morgan fingerprint density at radius 3 is 2.83 bits per heavy atom. The molecule has 6 heteroatoms. The van der Waals surface area contributed by atoms with Crippen LogP contribution in [0.25, 0.3) is 0 Å². The summed E-state index contributed by atoms with van der Waals surface area (Å²) in [4.78, 5) is 33.0. The first kappa shape index (κ1) is 14.9. The number of aryl methyl sites for hydroxylation is 1. The second-order valence-corrected chi connectivity index (χ2v) is 6.35. The molecule has 0 radical (unpaired) electrons. The number of carbonyl (C=O) groups is 2. The lowest BCUT2D eigenvalue weighted by Gasteiger charge is -2.39. The van der Waals surface area contributed by atoms with Crippen molar-refractivity contribution in [2.45, 2.75) is 38.3 Å². The summed E-state index contributed by atoms with van der Waals surface area (Å²) in [6, 6.07) is 7.28. The Labute approximate surface area is 140 Å². The maximum absolute atomic E-state index is 12.8. The fourth-order valence-electron chi connectivity index (χ4n) is 3.84. The number of nitrogens with zero attached hydrogens (tertiary/aromatic N) is 3. The second-order valence-electron chi connectivity index (χ2n) is 6.35. The molecule has 4 heterocycles. The van der Waals surface area contributed by atoms with Crippen LogP contribution < -0.4 is 4.90 Å². The van der Waals surface area contributed by atoms with Crippen LogP contribution in [0.4, 0.5) is 5.69 Å². The van der Waals surface area contributed by atoms with Gasteiger partial charge in [-0.25, -0.2) is 0 Å². The zero-order valence-electron chi connectivity index (χ0n) is 13.5. The zero-order chi connectivity index (χ0) is 16.7. The Balaban J connectivity index is 1.61. The summed E-state index contributed by atoms with van der Waals surface area (Å²) in [6.07, 6.45) is 5.32. The Morgan fingerprint density at radius 1 is 1.25 bits per heavy atom. The lowest BCUT2D eigenvalue weighted by molar-refractivity contribution is -0.120. The molecule has 0 aromatic carbocycles. The average molecular weight is 325 g/mol. The molecule has 4 rings (SSSR count). The number of aromatic nitrogens is 1. The summed E-state index contributed by atoms with van der Waals surface area (Å²) in [5.41, 5.74) is 0.806. The third kappa shape index (κ3) is 2.38. The highest BCUT2D eigenvalue weighted by Gasteiger charge is 2.46. The minimum atomic E-state index is -0.0870. The van der Waals surface area contributed by atoms with Gasteiger partial charge in [0.1, 0.15) is 5.76 Å². The van der Waals surface area contributed by atoms with Crippen LogP contribution >= 0.6 is 0 Å². The third-order valence-electron chi connectivity index (χ3n) is 4.90. The lowest BCUT2D eigenvalue weighted by atomic mass is 9.95. The van der Waals surface area contributed by atoms with E-state index in [4.69, 9.17) is 4.42 Å². The first-order valence-corrected chi connectivity index (χ1v) is 8.24. The van der Waals surface area contributed by atoms with Gasteiger partial charge in [0.15, 0.2) is 5.76 Å². The Hall–Kier alpha value is -2.63. The predicted octanol–water partition coefficient (Wildman–Crippen LogP) is 2.39. The van der Waals surface area contributed by atoms with E-state index < -0.39 is 0 Å². The van der Waals surface area contributed by atoms with E-state index in [9.17, 15) is 9.59 Å². The molecule has 6 nitrogen and oxygen atoms in total. The number of fused-ring (bicyclic) bond motifs is 1. The van der Waals surface area contributed by atoms with Gasteiger partial charge in [0.25, 0.3) is 5.91 Å². The van der Waals surface area contributed by atoms with E-state index in [0.717, 1.165) is 17.9 Å². The van der Waals surface area contributed by atoms with Crippen molar-refractivity contribution in [2.24, 2.45) is 0 Å². The van der Waals surface area contributed by atoms with Crippen LogP contribution in [0, 0.1) is 6.92 Å². The third-order valence-corrected chi connectivity index (χ3v) is 4.90. The molecular formula is C18H19N3O3. The fourth-order valence-corrected chi connectivity index (χ4v) is 3.84. The van der Waals surface area contributed by atoms with Gasteiger partial charge in [0.2, 0.25) is 5.91 Å². The number of amides is 2. The first-order valence-electron chi connectivity index (χ1n) is 8.24. The summed E-state index contributed by atoms with van der Waals surface area (Å²) in [7, 11) is 0. The van der Waals surface area contributed by atoms with Crippen molar-refractivity contribution in [1.82, 2.24) is 9.88 Å². The van der Waals surface area contributed by atoms with Crippen molar-refractivity contribution in [3.8, 4) is 0 Å². The summed E-state index contributed by atoms with van der Waals surface area (Å²) in [5, 5.41) is 0. The van der Waals surface area contributed by atoms with Crippen LogP contribution in [0.1, 0.15) is 35.6 Å². The Bertz CT molecular complexity index is 771. The van der Waals surface area contributed by atoms with E-state index >= 15 is 0 Å². The number of hydrogen-bond acceptors (Lipinski definition) is 4. The molecule has 24 heavy (non-hydrogen) atoms. The average Bonchev–Trinajstić information content (AvgIpc) is 3.21. The second kappa shape index (κ2) is 5.78. The molecule has 0 aliphatic carbocycles. The maximum atomic E-state index is 12.8. The molecule has 0 unspecified atom stereocenters. The number of likely N-dealkylation sites (tertiary alicyclic amines) is 1. The molecule has 2 aromatic heterocycles. The van der Waals surface area contributed by atoms with Crippen molar-refractivity contribution < 1.29 is 14.0 Å². The van der Waals surface area contributed by atoms with Crippen LogP contribution in [-0.2, 0) is 4.79 Å². The summed E-state index contributed by atoms with van der Waals surface area (Å²) in [6.45, 7) is 2.46. The quantitative estimate of drug-likeness (QED) is 0.850. The molecular weight excluding hydrogens is 306 g/mol. The van der Waals surface area contributed by atoms with Crippen LogP contribution in [-0.4, -0.2) is 40.3 Å². The van der Waals surface area contributed by atoms with Gasteiger partial charge in [-0.1, -0.05) is 0 Å². The van der Waals surface area contributed by atoms with Crippen LogP contribution in [0.2, 0.25) is 0 Å². The van der Waals surface area contributed by atoms with Gasteiger partial charge in [-0.15, -0.1) is 0 Å². The number of pyridine rings is 1. The summed E-state index contributed by atoms with van der Waals surface area (Å²) in [5.74, 6) is 1.12. The molecule has 2 atom stereocenters. The smallest absolute Gasteiger partial charge is 0.289 e. The molecule has 124 valence electrons. The highest BCUT2D eigenvalue weighted by atomic mass is 16.3. The van der Waals surface area contributed by atoms with Crippen LogP contribution in [0.5, 0.6) is 0 Å². The van der Waals surface area contributed by atoms with Gasteiger partial charge < -0.3 is 14.2 Å². The van der Waals surface area contributed by atoms with Crippen molar-refractivity contribution in [3.63, 3.8) is 0 Å². The standard InChI is InChI=1S/C18H19N3O3/c1-12-4-6-16(24-12)18(23)20-10-8-15-14(20)5-7-17(22)21(15)13-3-2-9-19-11-13/h2-4,6,9,11,14-15H,5,7-8,10H2,1H3/t14-,15-/m1/s1. The number of hydrogen-bond donors (Lipinski definition) is 0. The molecule has 0 N–H and O–H groups in total. The topological polar surface area (TPSA) is 66.7 Å². The van der Waals surface area contributed by atoms with Gasteiger partial charge in [-0.2, -0.15) is 0 Å². The zero-order valence-corrected chi connectivity index (χ0v) is 13.5. The first-order chi connectivity index (χ1) is 11.6. The molecule has 0 bridgehead atoms. The molecule has 0 saturated carbocycles. The normalized spacial score (nSPS) is 23.5. The monoisotopic (exact) mass is 325 g/mol. The van der Waals surface area contributed by atoms with E-state index in [-0.39, 0.29) is 23.9 Å². The highest BCUT2D eigenvalue weighted by molar-refractivity contribution is 5.96. The van der Waals surface area contributed by atoms with Gasteiger partial charge in [-0.05, 0) is 44.0 Å². The van der Waals surface area contributed by atoms with E-state index in [1.165, 1.54) is 0 Å². The summed E-state index contributed by atoms with van der Waals surface area (Å²) >= 11 is 0. The highest BCUT2D eigenvalue weighted by Crippen LogP contribution is 2.35. The van der Waals surface area contributed by atoms with E-state index in [1.807, 2.05) is 28.9 Å². The predicted molar refractivity (Wildman–Crippen MR) is 87.6 cm³/mol. The van der Waals surface area contributed by atoms with Crippen molar-refractivity contribution in [3.05, 3.63) is 48.2 Å². The van der Waals surface area contributed by atoms with Gasteiger partial charge in [0.05, 0.1) is 24.0 Å². The van der Waals surface area contributed by atoms with Crippen molar-refractivity contribution in [2.75, 3.05) is 11.4 Å². The van der Waals surface area contributed by atoms with Crippen LogP contribution in [0.15, 0.2) is 41.1 Å². The van der Waals surface area contributed by atoms with E-state index in [0.29, 0.717) is 25.1 Å². The number of carbonyl (C=O) groups excluding carboxylic acids is 2. The van der Waals surface area contributed by atoms with E-state index in [1.54, 1.807) is 24.5 Å². The lowest BCUT2D eigenvalue weighted by Crippen LogP contribution is -2.53. The van der Waals surface area contributed by atoms with Crippen molar-refractivity contribution >= 4 is 17.5 Å². The number of piperidine rings is 1. The molecule has 2 aliphatic heterocycles. The minimum Gasteiger partial charge on any atom is -0.456 e. The minimum absolute atomic E-state index is 0.00968. The largest absolute Gasteiger partial charge is 0.456 e. The van der Waals surface area contributed by atoms with Gasteiger partial charge in [-0.3, -0.25) is 14.6 Å². The SMILES string of the molecule is Cc1ccc(C(=O)N2CC[C@@H]3[C@H]2CCC(=O)N3c2cccnc2)o1. The van der Waals surface area contributed by atoms with Gasteiger partial charge in [0, 0.05) is 19.2 Å². The van der Waals surface area contributed by atoms with E-state index in [2.05, 4.69) is 4.98 Å². The molecule has 0 spiro atoms. The molecule has 2 amide bonds. The molecule has 2 saturated heterocycles. The maximum Gasteiger partial charge on any atom is 0.289 e. The molecule has 2 aromatic rings. The number of furan rings is 1. The summed E-state index contributed by atoms with van der Waals surface area (Å²) < 4.78 is 5.49. The van der Waals surface area contributed by atoms with Crippen molar-refractivity contribution in [1.29, 1.82) is 0 Å². The van der Waals surface area contributed by atoms with Crippen LogP contribution in [0.3, 0.4) is 0 Å².